The Morgan fingerprint density at radius 3 is 2.95 bits per heavy atom. The number of benzene rings is 1. The van der Waals surface area contributed by atoms with Crippen LogP contribution in [0.4, 0.5) is 5.69 Å². The van der Waals surface area contributed by atoms with Crippen LogP contribution in [0.25, 0.3) is 0 Å². The smallest absolute Gasteiger partial charge is 0.310 e. The number of ether oxygens (including phenoxy) is 1. The molecule has 0 aromatic heterocycles. The summed E-state index contributed by atoms with van der Waals surface area (Å²) in [4.78, 5) is 24.6. The lowest BCUT2D eigenvalue weighted by atomic mass is 9.79. The average molecular weight is 350 g/mol. The normalized spacial score (nSPS) is 35.9. The van der Waals surface area contributed by atoms with Gasteiger partial charge in [-0.2, -0.15) is 0 Å². The van der Waals surface area contributed by atoms with Crippen LogP contribution in [0.1, 0.15) is 18.4 Å². The Labute approximate surface area is 131 Å². The van der Waals surface area contributed by atoms with Crippen molar-refractivity contribution in [3.8, 4) is 0 Å². The van der Waals surface area contributed by atoms with E-state index in [4.69, 9.17) is 4.74 Å². The molecule has 5 heteroatoms. The van der Waals surface area contributed by atoms with E-state index in [9.17, 15) is 9.59 Å². The highest BCUT2D eigenvalue weighted by Crippen LogP contribution is 2.57. The topological polar surface area (TPSA) is 55.4 Å². The van der Waals surface area contributed by atoms with E-state index in [-0.39, 0.29) is 35.7 Å². The van der Waals surface area contributed by atoms with Gasteiger partial charge in [0.1, 0.15) is 6.10 Å². The van der Waals surface area contributed by atoms with Gasteiger partial charge in [0.15, 0.2) is 0 Å². The van der Waals surface area contributed by atoms with Crippen molar-refractivity contribution < 1.29 is 14.3 Å². The SMILES string of the molecule is Cc1cc(NC(=O)[C@@H]2[C@@H]3C[C@H]4[C@@H]2C(=O)O[C@@H]4C3)ccc1Br. The van der Waals surface area contributed by atoms with Crippen LogP contribution < -0.4 is 5.32 Å². The van der Waals surface area contributed by atoms with Crippen molar-refractivity contribution in [2.24, 2.45) is 23.7 Å². The monoisotopic (exact) mass is 349 g/mol. The number of aryl methyl sites for hydroxylation is 1. The molecule has 3 fully saturated rings. The molecule has 0 radical (unpaired) electrons. The maximum atomic E-state index is 12.6. The Morgan fingerprint density at radius 1 is 1.38 bits per heavy atom. The maximum absolute atomic E-state index is 12.6. The molecule has 1 heterocycles. The fourth-order valence-corrected chi connectivity index (χ4v) is 4.56. The Kier molecular flexibility index (Phi) is 2.89. The predicted octanol–water partition coefficient (Wildman–Crippen LogP) is 2.89. The van der Waals surface area contributed by atoms with Crippen LogP contribution in [-0.4, -0.2) is 18.0 Å². The van der Waals surface area contributed by atoms with Crippen molar-refractivity contribution in [2.75, 3.05) is 5.32 Å². The summed E-state index contributed by atoms with van der Waals surface area (Å²) < 4.78 is 6.40. The van der Waals surface area contributed by atoms with E-state index >= 15 is 0 Å². The lowest BCUT2D eigenvalue weighted by molar-refractivity contribution is -0.145. The third-order valence-electron chi connectivity index (χ3n) is 5.21. The van der Waals surface area contributed by atoms with Crippen LogP contribution in [0.15, 0.2) is 22.7 Å². The number of hydrogen-bond donors (Lipinski definition) is 1. The van der Waals surface area contributed by atoms with Crippen LogP contribution in [0.2, 0.25) is 0 Å². The van der Waals surface area contributed by atoms with Crippen molar-refractivity contribution in [1.29, 1.82) is 0 Å². The second kappa shape index (κ2) is 4.57. The van der Waals surface area contributed by atoms with Gasteiger partial charge in [-0.05, 0) is 49.4 Å². The summed E-state index contributed by atoms with van der Waals surface area (Å²) in [7, 11) is 0. The molecule has 0 spiro atoms. The molecule has 2 bridgehead atoms. The molecule has 1 amide bonds. The zero-order valence-corrected chi connectivity index (χ0v) is 13.2. The Hall–Kier alpha value is -1.36. The van der Waals surface area contributed by atoms with E-state index in [2.05, 4.69) is 21.2 Å². The molecule has 1 aromatic rings. The van der Waals surface area contributed by atoms with Gasteiger partial charge < -0.3 is 10.1 Å². The number of rotatable bonds is 2. The van der Waals surface area contributed by atoms with E-state index < -0.39 is 0 Å². The quantitative estimate of drug-likeness (QED) is 0.835. The van der Waals surface area contributed by atoms with Gasteiger partial charge in [0.25, 0.3) is 0 Å². The van der Waals surface area contributed by atoms with Crippen LogP contribution >= 0.6 is 15.9 Å². The summed E-state index contributed by atoms with van der Waals surface area (Å²) in [5.74, 6) is -0.0722. The van der Waals surface area contributed by atoms with Gasteiger partial charge in [-0.15, -0.1) is 0 Å². The molecule has 1 aliphatic heterocycles. The fraction of sp³-hybridized carbons (Fsp3) is 0.500. The molecule has 1 aromatic carbocycles. The van der Waals surface area contributed by atoms with Gasteiger partial charge in [-0.3, -0.25) is 9.59 Å². The third kappa shape index (κ3) is 1.94. The molecule has 4 nitrogen and oxygen atoms in total. The first-order chi connectivity index (χ1) is 10.0. The number of hydrogen-bond acceptors (Lipinski definition) is 3. The molecule has 2 aliphatic carbocycles. The third-order valence-corrected chi connectivity index (χ3v) is 6.10. The number of carbonyl (C=O) groups excluding carboxylic acids is 2. The fourth-order valence-electron chi connectivity index (χ4n) is 4.31. The van der Waals surface area contributed by atoms with Gasteiger partial charge in [-0.1, -0.05) is 15.9 Å². The number of esters is 1. The van der Waals surface area contributed by atoms with E-state index in [1.807, 2.05) is 25.1 Å². The number of nitrogens with one attached hydrogen (secondary N) is 1. The van der Waals surface area contributed by atoms with Crippen LogP contribution in [0.3, 0.4) is 0 Å². The number of halogens is 1. The summed E-state index contributed by atoms with van der Waals surface area (Å²) >= 11 is 3.45. The molecule has 1 N–H and O–H groups in total. The summed E-state index contributed by atoms with van der Waals surface area (Å²) in [5, 5.41) is 2.97. The van der Waals surface area contributed by atoms with E-state index in [0.29, 0.717) is 5.92 Å². The molecular weight excluding hydrogens is 334 g/mol. The Bertz CT molecular complexity index is 642. The van der Waals surface area contributed by atoms with Gasteiger partial charge in [0.2, 0.25) is 5.91 Å². The minimum atomic E-state index is -0.217. The minimum Gasteiger partial charge on any atom is -0.462 e. The van der Waals surface area contributed by atoms with Crippen molar-refractivity contribution in [3.05, 3.63) is 28.2 Å². The summed E-state index contributed by atoms with van der Waals surface area (Å²) in [6.45, 7) is 1.98. The average Bonchev–Trinajstić information content (AvgIpc) is 3.04. The van der Waals surface area contributed by atoms with Gasteiger partial charge in [-0.25, -0.2) is 0 Å². The van der Waals surface area contributed by atoms with Crippen LogP contribution in [0.5, 0.6) is 0 Å². The van der Waals surface area contributed by atoms with Gasteiger partial charge in [0, 0.05) is 16.1 Å². The van der Waals surface area contributed by atoms with Crippen molar-refractivity contribution in [2.45, 2.75) is 25.9 Å². The van der Waals surface area contributed by atoms with Crippen molar-refractivity contribution in [1.82, 2.24) is 0 Å². The van der Waals surface area contributed by atoms with Crippen LogP contribution in [-0.2, 0) is 14.3 Å². The molecule has 21 heavy (non-hydrogen) atoms. The lowest BCUT2D eigenvalue weighted by Gasteiger charge is -2.23. The summed E-state index contributed by atoms with van der Waals surface area (Å²) in [5.41, 5.74) is 1.85. The minimum absolute atomic E-state index is 0.0356. The second-order valence-corrected chi connectivity index (χ2v) is 7.23. The standard InChI is InChI=1S/C16H16BrNO3/c1-7-4-9(2-3-11(7)17)18-15(19)13-8-5-10-12(6-8)21-16(20)14(10)13/h2-4,8,10,12-14H,5-6H2,1H3,(H,18,19)/t8-,10-,12-,13-,14+/m1/s1. The first-order valence-electron chi connectivity index (χ1n) is 7.32. The number of fused-ring (bicyclic) bond motifs is 1. The highest BCUT2D eigenvalue weighted by Gasteiger charge is 2.63. The van der Waals surface area contributed by atoms with Gasteiger partial charge >= 0.3 is 5.97 Å². The lowest BCUT2D eigenvalue weighted by Crippen LogP contribution is -2.35. The summed E-state index contributed by atoms with van der Waals surface area (Å²) in [6, 6.07) is 5.73. The zero-order chi connectivity index (χ0) is 14.7. The molecule has 1 saturated heterocycles. The van der Waals surface area contributed by atoms with Crippen molar-refractivity contribution >= 4 is 33.5 Å². The Morgan fingerprint density at radius 2 is 2.19 bits per heavy atom. The molecular formula is C16H16BrNO3. The highest BCUT2D eigenvalue weighted by molar-refractivity contribution is 9.10. The van der Waals surface area contributed by atoms with Crippen LogP contribution in [0, 0.1) is 30.6 Å². The second-order valence-electron chi connectivity index (χ2n) is 6.38. The molecule has 2 saturated carbocycles. The number of anilines is 1. The van der Waals surface area contributed by atoms with Gasteiger partial charge in [0.05, 0.1) is 11.8 Å². The maximum Gasteiger partial charge on any atom is 0.310 e. The first-order valence-corrected chi connectivity index (χ1v) is 8.11. The molecule has 0 unspecified atom stereocenters. The van der Waals surface area contributed by atoms with Crippen molar-refractivity contribution in [3.63, 3.8) is 0 Å². The molecule has 5 atom stereocenters. The highest BCUT2D eigenvalue weighted by atomic mass is 79.9. The summed E-state index contributed by atoms with van der Waals surface area (Å²) in [6.07, 6.45) is 1.88. The zero-order valence-electron chi connectivity index (χ0n) is 11.6. The largest absolute Gasteiger partial charge is 0.462 e. The van der Waals surface area contributed by atoms with E-state index in [1.54, 1.807) is 0 Å². The Balaban J connectivity index is 1.55. The predicted molar refractivity (Wildman–Crippen MR) is 80.6 cm³/mol. The number of amides is 1. The van der Waals surface area contributed by atoms with E-state index in [0.717, 1.165) is 28.6 Å². The molecule has 3 aliphatic rings. The number of carbonyl (C=O) groups is 2. The first kappa shape index (κ1) is 13.3. The van der Waals surface area contributed by atoms with E-state index in [1.165, 1.54) is 0 Å². The molecule has 110 valence electrons. The molecule has 4 rings (SSSR count).